The van der Waals surface area contributed by atoms with Crippen molar-refractivity contribution < 1.29 is 4.79 Å². The first-order valence-corrected chi connectivity index (χ1v) is 6.16. The predicted molar refractivity (Wildman–Crippen MR) is 70.2 cm³/mol. The van der Waals surface area contributed by atoms with Gasteiger partial charge in [0.05, 0.1) is 0 Å². The van der Waals surface area contributed by atoms with Gasteiger partial charge in [-0.2, -0.15) is 0 Å². The molecular formula is C14H13BrO. The molecule has 1 nitrogen and oxygen atoms in total. The fraction of sp³-hybridized carbons (Fsp3) is 0.214. The maximum absolute atomic E-state index is 11.5. The molecule has 0 saturated carbocycles. The summed E-state index contributed by atoms with van der Waals surface area (Å²) < 4.78 is 1.02. The third kappa shape index (κ3) is 2.92. The number of rotatable bonds is 3. The monoisotopic (exact) mass is 276 g/mol. The Hall–Kier alpha value is -1.15. The van der Waals surface area contributed by atoms with Crippen LogP contribution in [0.4, 0.5) is 0 Å². The molecule has 1 aromatic rings. The number of hydrogen-bond acceptors (Lipinski definition) is 1. The normalized spacial score (nSPS) is 20.4. The average Bonchev–Trinajstić information content (AvgIpc) is 2.59. The summed E-state index contributed by atoms with van der Waals surface area (Å²) >= 11 is 3.37. The molecule has 0 radical (unpaired) electrons. The van der Waals surface area contributed by atoms with E-state index in [0.717, 1.165) is 17.3 Å². The molecular weight excluding hydrogens is 264 g/mol. The zero-order valence-electron chi connectivity index (χ0n) is 8.90. The summed E-state index contributed by atoms with van der Waals surface area (Å²) in [5, 5.41) is 0. The molecule has 1 aliphatic carbocycles. The molecule has 0 saturated heterocycles. The summed E-state index contributed by atoms with van der Waals surface area (Å²) in [4.78, 5) is 11.5. The van der Waals surface area contributed by atoms with Crippen molar-refractivity contribution in [1.82, 2.24) is 0 Å². The van der Waals surface area contributed by atoms with Gasteiger partial charge in [-0.1, -0.05) is 58.4 Å². The molecule has 0 fully saturated rings. The van der Waals surface area contributed by atoms with Crippen LogP contribution in [-0.4, -0.2) is 5.78 Å². The summed E-state index contributed by atoms with van der Waals surface area (Å²) in [6, 6.07) is 10.1. The number of ketones is 1. The lowest BCUT2D eigenvalue weighted by Gasteiger charge is -2.03. The van der Waals surface area contributed by atoms with E-state index in [9.17, 15) is 4.79 Å². The summed E-state index contributed by atoms with van der Waals surface area (Å²) in [6.07, 6.45) is 7.51. The fourth-order valence-electron chi connectivity index (χ4n) is 1.80. The summed E-state index contributed by atoms with van der Waals surface area (Å²) in [7, 11) is 0. The third-order valence-corrected chi connectivity index (χ3v) is 3.23. The Kier molecular flexibility index (Phi) is 3.73. The first-order valence-electron chi connectivity index (χ1n) is 5.37. The molecule has 16 heavy (non-hydrogen) atoms. The second-order valence-corrected chi connectivity index (χ2v) is 4.96. The van der Waals surface area contributed by atoms with Gasteiger partial charge in [-0.05, 0) is 29.0 Å². The largest absolute Gasteiger partial charge is 0.294 e. The molecule has 0 bridgehead atoms. The van der Waals surface area contributed by atoms with Crippen LogP contribution in [0.15, 0.2) is 47.0 Å². The van der Waals surface area contributed by atoms with Gasteiger partial charge in [0.15, 0.2) is 5.78 Å². The molecule has 0 aliphatic heterocycles. The van der Waals surface area contributed by atoms with Gasteiger partial charge >= 0.3 is 0 Å². The molecule has 1 unspecified atom stereocenters. The van der Waals surface area contributed by atoms with Crippen LogP contribution in [0.3, 0.4) is 0 Å². The lowest BCUT2D eigenvalue weighted by Crippen LogP contribution is -2.04. The van der Waals surface area contributed by atoms with E-state index in [2.05, 4.69) is 40.2 Å². The first-order chi connectivity index (χ1) is 7.75. The Morgan fingerprint density at radius 3 is 2.69 bits per heavy atom. The van der Waals surface area contributed by atoms with E-state index in [-0.39, 0.29) is 11.7 Å². The van der Waals surface area contributed by atoms with Gasteiger partial charge in [0.25, 0.3) is 0 Å². The molecule has 1 atom stereocenters. The average molecular weight is 277 g/mol. The van der Waals surface area contributed by atoms with Crippen molar-refractivity contribution >= 4 is 27.8 Å². The molecule has 0 aromatic heterocycles. The number of hydrogen-bond donors (Lipinski definition) is 0. The van der Waals surface area contributed by atoms with Crippen molar-refractivity contribution in [3.63, 3.8) is 0 Å². The van der Waals surface area contributed by atoms with E-state index >= 15 is 0 Å². The zero-order valence-corrected chi connectivity index (χ0v) is 10.5. The number of allylic oxidation sites excluding steroid dienone is 3. The summed E-state index contributed by atoms with van der Waals surface area (Å²) in [5.41, 5.74) is 1.18. The Balaban J connectivity index is 1.89. The molecule has 0 N–H and O–H groups in total. The van der Waals surface area contributed by atoms with Gasteiger partial charge < -0.3 is 0 Å². The van der Waals surface area contributed by atoms with Gasteiger partial charge in [-0.15, -0.1) is 0 Å². The number of carbonyl (C=O) groups is 1. The van der Waals surface area contributed by atoms with Crippen LogP contribution < -0.4 is 0 Å². The molecule has 0 heterocycles. The van der Waals surface area contributed by atoms with Crippen molar-refractivity contribution in [3.05, 3.63) is 52.5 Å². The van der Waals surface area contributed by atoms with Gasteiger partial charge in [0.1, 0.15) is 0 Å². The molecule has 82 valence electrons. The Labute approximate surface area is 104 Å². The van der Waals surface area contributed by atoms with E-state index in [0.29, 0.717) is 0 Å². The number of benzene rings is 1. The summed E-state index contributed by atoms with van der Waals surface area (Å²) in [5.74, 6) is 0.374. The standard InChI is InChI=1S/C14H13BrO/c15-13-9-12(14(16)10-13)8-4-7-11-5-2-1-3-6-11/h1-7,10,12H,8-9H2. The molecule has 1 aliphatic rings. The van der Waals surface area contributed by atoms with Crippen molar-refractivity contribution in [2.24, 2.45) is 5.92 Å². The maximum atomic E-state index is 11.5. The van der Waals surface area contributed by atoms with E-state index in [1.54, 1.807) is 6.08 Å². The minimum atomic E-state index is 0.134. The van der Waals surface area contributed by atoms with Crippen molar-refractivity contribution in [2.75, 3.05) is 0 Å². The topological polar surface area (TPSA) is 17.1 Å². The van der Waals surface area contributed by atoms with Crippen LogP contribution in [0, 0.1) is 5.92 Å². The number of carbonyl (C=O) groups excluding carboxylic acids is 1. The van der Waals surface area contributed by atoms with Crippen LogP contribution in [0.25, 0.3) is 6.08 Å². The van der Waals surface area contributed by atoms with Crippen LogP contribution in [0.2, 0.25) is 0 Å². The van der Waals surface area contributed by atoms with Gasteiger partial charge in [-0.3, -0.25) is 4.79 Å². The fourth-order valence-corrected chi connectivity index (χ4v) is 2.42. The molecule has 2 rings (SSSR count). The minimum absolute atomic E-state index is 0.134. The van der Waals surface area contributed by atoms with E-state index in [1.165, 1.54) is 5.56 Å². The van der Waals surface area contributed by atoms with Gasteiger partial charge in [0.2, 0.25) is 0 Å². The molecule has 1 aromatic carbocycles. The predicted octanol–water partition coefficient (Wildman–Crippen LogP) is 3.96. The highest BCUT2D eigenvalue weighted by atomic mass is 79.9. The van der Waals surface area contributed by atoms with Crippen LogP contribution in [-0.2, 0) is 4.79 Å². The SMILES string of the molecule is O=C1C=C(Br)CC1CC=Cc1ccccc1. The van der Waals surface area contributed by atoms with Gasteiger partial charge in [0, 0.05) is 5.92 Å². The van der Waals surface area contributed by atoms with Crippen molar-refractivity contribution in [3.8, 4) is 0 Å². The lowest BCUT2D eigenvalue weighted by molar-refractivity contribution is -0.117. The van der Waals surface area contributed by atoms with Crippen molar-refractivity contribution in [2.45, 2.75) is 12.8 Å². The molecule has 0 spiro atoms. The van der Waals surface area contributed by atoms with Crippen LogP contribution in [0.5, 0.6) is 0 Å². The van der Waals surface area contributed by atoms with Gasteiger partial charge in [-0.25, -0.2) is 0 Å². The maximum Gasteiger partial charge on any atom is 0.160 e. The van der Waals surface area contributed by atoms with Crippen LogP contribution in [0.1, 0.15) is 18.4 Å². The highest BCUT2D eigenvalue weighted by Crippen LogP contribution is 2.28. The zero-order chi connectivity index (χ0) is 11.4. The Morgan fingerprint density at radius 1 is 1.31 bits per heavy atom. The second kappa shape index (κ2) is 5.26. The Morgan fingerprint density at radius 2 is 2.06 bits per heavy atom. The van der Waals surface area contributed by atoms with E-state index in [4.69, 9.17) is 0 Å². The minimum Gasteiger partial charge on any atom is -0.294 e. The smallest absolute Gasteiger partial charge is 0.160 e. The molecule has 2 heteroatoms. The number of halogens is 1. The van der Waals surface area contributed by atoms with Crippen molar-refractivity contribution in [1.29, 1.82) is 0 Å². The lowest BCUT2D eigenvalue weighted by atomic mass is 10.0. The highest BCUT2D eigenvalue weighted by molar-refractivity contribution is 9.11. The highest BCUT2D eigenvalue weighted by Gasteiger charge is 2.22. The van der Waals surface area contributed by atoms with E-state index in [1.807, 2.05) is 18.2 Å². The Bertz CT molecular complexity index is 431. The van der Waals surface area contributed by atoms with E-state index < -0.39 is 0 Å². The third-order valence-electron chi connectivity index (χ3n) is 2.67. The van der Waals surface area contributed by atoms with Crippen LogP contribution >= 0.6 is 15.9 Å². The quantitative estimate of drug-likeness (QED) is 0.817. The second-order valence-electron chi connectivity index (χ2n) is 3.94. The summed E-state index contributed by atoms with van der Waals surface area (Å²) in [6.45, 7) is 0. The first kappa shape index (κ1) is 11.3. The molecule has 0 amide bonds.